The molecular formula is C23H22N6O. The zero-order valence-corrected chi connectivity index (χ0v) is 16.8. The number of fused-ring (bicyclic) bond motifs is 1. The average molecular weight is 398 g/mol. The number of para-hydroxylation sites is 1. The number of aromatic nitrogens is 3. The number of nitrogens with zero attached hydrogens (tertiary/aromatic N) is 3. The van der Waals surface area contributed by atoms with Gasteiger partial charge in [-0.3, -0.25) is 20.3 Å². The Kier molecular flexibility index (Phi) is 5.54. The molecule has 1 amide bonds. The van der Waals surface area contributed by atoms with Crippen molar-refractivity contribution in [1.82, 2.24) is 25.6 Å². The number of aromatic amines is 1. The summed E-state index contributed by atoms with van der Waals surface area (Å²) >= 11 is 0. The van der Waals surface area contributed by atoms with E-state index in [9.17, 15) is 4.79 Å². The summed E-state index contributed by atoms with van der Waals surface area (Å²) in [4.78, 5) is 16.7. The van der Waals surface area contributed by atoms with Gasteiger partial charge in [-0.2, -0.15) is 5.10 Å². The summed E-state index contributed by atoms with van der Waals surface area (Å²) in [6.45, 7) is 0. The quantitative estimate of drug-likeness (QED) is 0.426. The van der Waals surface area contributed by atoms with E-state index in [0.717, 1.165) is 33.7 Å². The number of hydrogen-bond donors (Lipinski definition) is 3. The number of pyridine rings is 1. The standard InChI is InChI=1S/C23H22N6O/c1-29(2)28-23(30)19-8-3-4-9-20(19)25-17-10-12-18-21(26-27-22(18)15-17)13-11-16-7-5-6-14-24-16/h3-15,25H,1-2H3,(H,26,27)(H,28,30)/b13-11+. The van der Waals surface area contributed by atoms with Crippen molar-refractivity contribution < 1.29 is 4.79 Å². The van der Waals surface area contributed by atoms with Crippen molar-refractivity contribution in [2.45, 2.75) is 0 Å². The largest absolute Gasteiger partial charge is 0.355 e. The van der Waals surface area contributed by atoms with Crippen LogP contribution in [0, 0.1) is 0 Å². The molecule has 0 atom stereocenters. The summed E-state index contributed by atoms with van der Waals surface area (Å²) in [5, 5.41) is 13.4. The Morgan fingerprint density at radius 1 is 1.03 bits per heavy atom. The minimum Gasteiger partial charge on any atom is -0.355 e. The van der Waals surface area contributed by atoms with Crippen molar-refractivity contribution in [2.75, 3.05) is 19.4 Å². The maximum absolute atomic E-state index is 12.4. The van der Waals surface area contributed by atoms with Crippen LogP contribution in [-0.2, 0) is 0 Å². The van der Waals surface area contributed by atoms with E-state index in [1.807, 2.05) is 66.7 Å². The molecule has 0 spiro atoms. The van der Waals surface area contributed by atoms with E-state index >= 15 is 0 Å². The SMILES string of the molecule is CN(C)NC(=O)c1ccccc1Nc1ccc2c(/C=C/c3ccccn3)n[nH]c2c1. The van der Waals surface area contributed by atoms with Crippen molar-refractivity contribution in [1.29, 1.82) is 0 Å². The fourth-order valence-corrected chi connectivity index (χ4v) is 3.09. The highest BCUT2D eigenvalue weighted by molar-refractivity contribution is 6.00. The van der Waals surface area contributed by atoms with Crippen LogP contribution in [-0.4, -0.2) is 40.2 Å². The molecule has 0 radical (unpaired) electrons. The van der Waals surface area contributed by atoms with E-state index in [-0.39, 0.29) is 5.91 Å². The summed E-state index contributed by atoms with van der Waals surface area (Å²) in [6, 6.07) is 19.1. The lowest BCUT2D eigenvalue weighted by molar-refractivity contribution is 0.0858. The number of hydrogen-bond acceptors (Lipinski definition) is 5. The minimum absolute atomic E-state index is 0.173. The highest BCUT2D eigenvalue weighted by atomic mass is 16.2. The third-order valence-electron chi connectivity index (χ3n) is 4.47. The molecular weight excluding hydrogens is 376 g/mol. The Labute approximate surface area is 174 Å². The van der Waals surface area contributed by atoms with Gasteiger partial charge in [-0.15, -0.1) is 0 Å². The van der Waals surface area contributed by atoms with Gasteiger partial charge in [0.25, 0.3) is 5.91 Å². The Hall–Kier alpha value is -3.97. The first-order chi connectivity index (χ1) is 14.6. The minimum atomic E-state index is -0.173. The molecule has 0 saturated carbocycles. The van der Waals surface area contributed by atoms with Crippen LogP contribution >= 0.6 is 0 Å². The summed E-state index contributed by atoms with van der Waals surface area (Å²) < 4.78 is 0. The number of H-pyrrole nitrogens is 1. The number of rotatable bonds is 6. The van der Waals surface area contributed by atoms with Crippen molar-refractivity contribution in [2.24, 2.45) is 0 Å². The molecule has 0 saturated heterocycles. The normalized spacial score (nSPS) is 11.3. The Morgan fingerprint density at radius 2 is 1.87 bits per heavy atom. The molecule has 0 aliphatic rings. The van der Waals surface area contributed by atoms with Crippen molar-refractivity contribution >= 4 is 40.3 Å². The molecule has 0 aliphatic heterocycles. The third kappa shape index (κ3) is 4.37. The predicted octanol–water partition coefficient (Wildman–Crippen LogP) is 4.08. The monoisotopic (exact) mass is 398 g/mol. The van der Waals surface area contributed by atoms with Gasteiger partial charge in [-0.05, 0) is 54.6 Å². The van der Waals surface area contributed by atoms with Gasteiger partial charge in [0.05, 0.1) is 28.2 Å². The number of carbonyl (C=O) groups excluding carboxylic acids is 1. The second-order valence-corrected chi connectivity index (χ2v) is 6.96. The highest BCUT2D eigenvalue weighted by Gasteiger charge is 2.12. The highest BCUT2D eigenvalue weighted by Crippen LogP contribution is 2.26. The van der Waals surface area contributed by atoms with Crippen molar-refractivity contribution in [3.05, 3.63) is 83.8 Å². The van der Waals surface area contributed by atoms with Crippen LogP contribution in [0.5, 0.6) is 0 Å². The predicted molar refractivity (Wildman–Crippen MR) is 120 cm³/mol. The van der Waals surface area contributed by atoms with Crippen LogP contribution in [0.25, 0.3) is 23.1 Å². The van der Waals surface area contributed by atoms with Crippen LogP contribution in [0.15, 0.2) is 66.9 Å². The van der Waals surface area contributed by atoms with E-state index < -0.39 is 0 Å². The van der Waals surface area contributed by atoms with Gasteiger partial charge in [-0.25, -0.2) is 5.01 Å². The van der Waals surface area contributed by atoms with Crippen molar-refractivity contribution in [3.8, 4) is 0 Å². The summed E-state index contributed by atoms with van der Waals surface area (Å²) in [5.74, 6) is -0.173. The number of amides is 1. The molecule has 2 aromatic heterocycles. The molecule has 7 heteroatoms. The van der Waals surface area contributed by atoms with Gasteiger partial charge in [0, 0.05) is 31.4 Å². The molecule has 0 fully saturated rings. The zero-order chi connectivity index (χ0) is 20.9. The first-order valence-corrected chi connectivity index (χ1v) is 9.52. The fraction of sp³-hybridized carbons (Fsp3) is 0.0870. The van der Waals surface area contributed by atoms with Crippen LogP contribution in [0.2, 0.25) is 0 Å². The lowest BCUT2D eigenvalue weighted by Crippen LogP contribution is -2.36. The molecule has 30 heavy (non-hydrogen) atoms. The molecule has 0 unspecified atom stereocenters. The molecule has 0 aliphatic carbocycles. The van der Waals surface area contributed by atoms with Crippen molar-refractivity contribution in [3.63, 3.8) is 0 Å². The Bertz CT molecular complexity index is 1200. The summed E-state index contributed by atoms with van der Waals surface area (Å²) in [5.41, 5.74) is 7.54. The molecule has 150 valence electrons. The Balaban J connectivity index is 1.57. The van der Waals surface area contributed by atoms with Crippen LogP contribution in [0.1, 0.15) is 21.7 Å². The van der Waals surface area contributed by atoms with Gasteiger partial charge in [0.1, 0.15) is 0 Å². The summed E-state index contributed by atoms with van der Waals surface area (Å²) in [7, 11) is 3.56. The van der Waals surface area contributed by atoms with Gasteiger partial charge < -0.3 is 5.32 Å². The van der Waals surface area contributed by atoms with Gasteiger partial charge in [0.2, 0.25) is 0 Å². The van der Waals surface area contributed by atoms with Crippen LogP contribution in [0.4, 0.5) is 11.4 Å². The number of carbonyl (C=O) groups is 1. The number of nitrogens with one attached hydrogen (secondary N) is 3. The van der Waals surface area contributed by atoms with Gasteiger partial charge in [-0.1, -0.05) is 18.2 Å². The molecule has 3 N–H and O–H groups in total. The topological polar surface area (TPSA) is 85.9 Å². The zero-order valence-electron chi connectivity index (χ0n) is 16.8. The van der Waals surface area contributed by atoms with E-state index in [4.69, 9.17) is 0 Å². The molecule has 2 heterocycles. The lowest BCUT2D eigenvalue weighted by atomic mass is 10.1. The van der Waals surface area contributed by atoms with E-state index in [2.05, 4.69) is 25.9 Å². The first-order valence-electron chi connectivity index (χ1n) is 9.52. The number of hydrazine groups is 1. The fourth-order valence-electron chi connectivity index (χ4n) is 3.09. The maximum atomic E-state index is 12.4. The van der Waals surface area contributed by atoms with Crippen LogP contribution < -0.4 is 10.7 Å². The average Bonchev–Trinajstić information content (AvgIpc) is 3.15. The first kappa shape index (κ1) is 19.4. The smallest absolute Gasteiger partial charge is 0.267 e. The number of anilines is 2. The van der Waals surface area contributed by atoms with Gasteiger partial charge in [0.15, 0.2) is 0 Å². The van der Waals surface area contributed by atoms with E-state index in [0.29, 0.717) is 5.56 Å². The van der Waals surface area contributed by atoms with E-state index in [1.165, 1.54) is 0 Å². The molecule has 2 aromatic carbocycles. The molecule has 0 bridgehead atoms. The third-order valence-corrected chi connectivity index (χ3v) is 4.47. The maximum Gasteiger partial charge on any atom is 0.267 e. The van der Waals surface area contributed by atoms with Gasteiger partial charge >= 0.3 is 0 Å². The van der Waals surface area contributed by atoms with E-state index in [1.54, 1.807) is 31.4 Å². The summed E-state index contributed by atoms with van der Waals surface area (Å²) in [6.07, 6.45) is 5.63. The Morgan fingerprint density at radius 3 is 2.67 bits per heavy atom. The second kappa shape index (κ2) is 8.59. The molecule has 4 aromatic rings. The second-order valence-electron chi connectivity index (χ2n) is 6.96. The van der Waals surface area contributed by atoms with Crippen LogP contribution in [0.3, 0.4) is 0 Å². The molecule has 7 nitrogen and oxygen atoms in total. The number of benzene rings is 2. The molecule has 4 rings (SSSR count). The lowest BCUT2D eigenvalue weighted by Gasteiger charge is -2.15.